The van der Waals surface area contributed by atoms with Gasteiger partial charge in [-0.1, -0.05) is 37.3 Å². The number of anilines is 2. The SMILES string of the molecule is CCc1cccc(C)c1NCCC(=O)Nc1ccccc1C(=O)OC. The first-order valence-corrected chi connectivity index (χ1v) is 8.36. The van der Waals surface area contributed by atoms with Crippen LogP contribution in [0.1, 0.15) is 34.8 Å². The lowest BCUT2D eigenvalue weighted by Gasteiger charge is -2.14. The largest absolute Gasteiger partial charge is 0.465 e. The van der Waals surface area contributed by atoms with E-state index < -0.39 is 5.97 Å². The highest BCUT2D eigenvalue weighted by Gasteiger charge is 2.13. The van der Waals surface area contributed by atoms with Crippen LogP contribution in [0.2, 0.25) is 0 Å². The summed E-state index contributed by atoms with van der Waals surface area (Å²) in [5, 5.41) is 6.12. The number of methoxy groups -OCH3 is 1. The number of hydrogen-bond acceptors (Lipinski definition) is 4. The van der Waals surface area contributed by atoms with Crippen LogP contribution in [0.3, 0.4) is 0 Å². The molecule has 2 N–H and O–H groups in total. The van der Waals surface area contributed by atoms with Gasteiger partial charge in [-0.2, -0.15) is 0 Å². The summed E-state index contributed by atoms with van der Waals surface area (Å²) in [5.41, 5.74) is 4.29. The third-order valence-electron chi connectivity index (χ3n) is 4.00. The van der Waals surface area contributed by atoms with Crippen LogP contribution in [-0.4, -0.2) is 25.5 Å². The Bertz CT molecular complexity index is 756. The van der Waals surface area contributed by atoms with E-state index in [-0.39, 0.29) is 5.91 Å². The highest BCUT2D eigenvalue weighted by Crippen LogP contribution is 2.21. The normalized spacial score (nSPS) is 10.2. The minimum atomic E-state index is -0.471. The Hall–Kier alpha value is -2.82. The standard InChI is InChI=1S/C20H24N2O3/c1-4-15-9-7-8-14(2)19(15)21-13-12-18(23)22-17-11-6-5-10-16(17)20(24)25-3/h5-11,21H,4,12-13H2,1-3H3,(H,22,23). The predicted octanol–water partition coefficient (Wildman–Crippen LogP) is 3.78. The van der Waals surface area contributed by atoms with Crippen LogP contribution in [-0.2, 0) is 16.0 Å². The second-order valence-electron chi connectivity index (χ2n) is 5.72. The molecule has 5 nitrogen and oxygen atoms in total. The van der Waals surface area contributed by atoms with Gasteiger partial charge in [0, 0.05) is 18.7 Å². The molecule has 132 valence electrons. The minimum absolute atomic E-state index is 0.157. The van der Waals surface area contributed by atoms with Gasteiger partial charge >= 0.3 is 5.97 Å². The van der Waals surface area contributed by atoms with Crippen molar-refractivity contribution in [3.63, 3.8) is 0 Å². The molecule has 0 atom stereocenters. The molecular weight excluding hydrogens is 316 g/mol. The molecule has 0 saturated heterocycles. The fourth-order valence-corrected chi connectivity index (χ4v) is 2.67. The van der Waals surface area contributed by atoms with Crippen molar-refractivity contribution in [2.24, 2.45) is 0 Å². The topological polar surface area (TPSA) is 67.4 Å². The Morgan fingerprint density at radius 1 is 1.08 bits per heavy atom. The van der Waals surface area contributed by atoms with Gasteiger partial charge in [-0.05, 0) is 36.6 Å². The van der Waals surface area contributed by atoms with Crippen molar-refractivity contribution in [3.8, 4) is 0 Å². The number of hydrogen-bond donors (Lipinski definition) is 2. The lowest BCUT2D eigenvalue weighted by Crippen LogP contribution is -2.18. The van der Waals surface area contributed by atoms with Gasteiger partial charge in [0.15, 0.2) is 0 Å². The maximum atomic E-state index is 12.2. The van der Waals surface area contributed by atoms with Gasteiger partial charge in [-0.15, -0.1) is 0 Å². The Balaban J connectivity index is 1.96. The number of aryl methyl sites for hydroxylation is 2. The van der Waals surface area contributed by atoms with Crippen LogP contribution < -0.4 is 10.6 Å². The molecule has 0 aromatic heterocycles. The van der Waals surface area contributed by atoms with Crippen molar-refractivity contribution in [1.82, 2.24) is 0 Å². The molecule has 0 saturated carbocycles. The number of esters is 1. The zero-order chi connectivity index (χ0) is 18.2. The van der Waals surface area contributed by atoms with E-state index in [0.717, 1.165) is 17.7 Å². The molecule has 0 aliphatic heterocycles. The van der Waals surface area contributed by atoms with Crippen molar-refractivity contribution >= 4 is 23.3 Å². The second-order valence-corrected chi connectivity index (χ2v) is 5.72. The second kappa shape index (κ2) is 8.87. The van der Waals surface area contributed by atoms with E-state index in [9.17, 15) is 9.59 Å². The summed E-state index contributed by atoms with van der Waals surface area (Å²) >= 11 is 0. The van der Waals surface area contributed by atoms with Gasteiger partial charge in [0.25, 0.3) is 0 Å². The van der Waals surface area contributed by atoms with E-state index in [1.165, 1.54) is 12.7 Å². The minimum Gasteiger partial charge on any atom is -0.465 e. The number of amides is 1. The summed E-state index contributed by atoms with van der Waals surface area (Å²) in [7, 11) is 1.32. The number of benzene rings is 2. The van der Waals surface area contributed by atoms with Crippen molar-refractivity contribution in [1.29, 1.82) is 0 Å². The predicted molar refractivity (Wildman–Crippen MR) is 100 cm³/mol. The molecule has 0 heterocycles. The van der Waals surface area contributed by atoms with E-state index in [1.807, 2.05) is 19.1 Å². The summed E-state index contributed by atoms with van der Waals surface area (Å²) in [5.74, 6) is -0.628. The van der Waals surface area contributed by atoms with Gasteiger partial charge in [0.2, 0.25) is 5.91 Å². The van der Waals surface area contributed by atoms with Crippen LogP contribution >= 0.6 is 0 Å². The van der Waals surface area contributed by atoms with Gasteiger partial charge < -0.3 is 15.4 Å². The molecule has 0 bridgehead atoms. The van der Waals surface area contributed by atoms with E-state index in [4.69, 9.17) is 4.74 Å². The molecule has 2 aromatic rings. The maximum Gasteiger partial charge on any atom is 0.339 e. The summed E-state index contributed by atoms with van der Waals surface area (Å²) in [6.45, 7) is 4.68. The van der Waals surface area contributed by atoms with E-state index in [2.05, 4.69) is 23.6 Å². The van der Waals surface area contributed by atoms with E-state index in [1.54, 1.807) is 24.3 Å². The van der Waals surface area contributed by atoms with Crippen molar-refractivity contribution in [2.45, 2.75) is 26.7 Å². The molecule has 5 heteroatoms. The van der Waals surface area contributed by atoms with Crippen molar-refractivity contribution < 1.29 is 14.3 Å². The van der Waals surface area contributed by atoms with Crippen molar-refractivity contribution in [2.75, 3.05) is 24.3 Å². The third kappa shape index (κ3) is 4.83. The summed E-state index contributed by atoms with van der Waals surface area (Å²) in [6, 6.07) is 13.0. The van der Waals surface area contributed by atoms with E-state index >= 15 is 0 Å². The first-order chi connectivity index (χ1) is 12.1. The molecule has 0 unspecified atom stereocenters. The molecular formula is C20H24N2O3. The number of para-hydroxylation sites is 2. The highest BCUT2D eigenvalue weighted by atomic mass is 16.5. The Kier molecular flexibility index (Phi) is 6.57. The van der Waals surface area contributed by atoms with Gasteiger partial charge in [-0.3, -0.25) is 4.79 Å². The lowest BCUT2D eigenvalue weighted by atomic mass is 10.1. The average Bonchev–Trinajstić information content (AvgIpc) is 2.62. The maximum absolute atomic E-state index is 12.2. The Morgan fingerprint density at radius 2 is 1.84 bits per heavy atom. The lowest BCUT2D eigenvalue weighted by molar-refractivity contribution is -0.115. The van der Waals surface area contributed by atoms with Gasteiger partial charge in [0.05, 0.1) is 18.4 Å². The number of rotatable bonds is 7. The third-order valence-corrected chi connectivity index (χ3v) is 4.00. The molecule has 25 heavy (non-hydrogen) atoms. The summed E-state index contributed by atoms with van der Waals surface area (Å²) in [6.07, 6.45) is 1.23. The molecule has 2 rings (SSSR count). The number of carbonyl (C=O) groups excluding carboxylic acids is 2. The number of ether oxygens (including phenoxy) is 1. The Morgan fingerprint density at radius 3 is 2.56 bits per heavy atom. The number of nitrogens with one attached hydrogen (secondary N) is 2. The zero-order valence-corrected chi connectivity index (χ0v) is 14.9. The molecule has 0 spiro atoms. The quantitative estimate of drug-likeness (QED) is 0.753. The van der Waals surface area contributed by atoms with Crippen LogP contribution in [0.25, 0.3) is 0 Å². The van der Waals surface area contributed by atoms with Crippen LogP contribution in [0.15, 0.2) is 42.5 Å². The number of carbonyl (C=O) groups is 2. The summed E-state index contributed by atoms with van der Waals surface area (Å²) < 4.78 is 4.73. The fourth-order valence-electron chi connectivity index (χ4n) is 2.67. The fraction of sp³-hybridized carbons (Fsp3) is 0.300. The highest BCUT2D eigenvalue weighted by molar-refractivity contribution is 6.01. The average molecular weight is 340 g/mol. The molecule has 2 aromatic carbocycles. The first-order valence-electron chi connectivity index (χ1n) is 8.36. The van der Waals surface area contributed by atoms with Crippen molar-refractivity contribution in [3.05, 3.63) is 59.2 Å². The smallest absolute Gasteiger partial charge is 0.339 e. The molecule has 0 aliphatic rings. The van der Waals surface area contributed by atoms with Crippen LogP contribution in [0, 0.1) is 6.92 Å². The molecule has 1 amide bonds. The molecule has 0 fully saturated rings. The van der Waals surface area contributed by atoms with Crippen LogP contribution in [0.4, 0.5) is 11.4 Å². The molecule has 0 aliphatic carbocycles. The summed E-state index contributed by atoms with van der Waals surface area (Å²) in [4.78, 5) is 23.9. The monoisotopic (exact) mass is 340 g/mol. The van der Waals surface area contributed by atoms with Crippen LogP contribution in [0.5, 0.6) is 0 Å². The first kappa shape index (κ1) is 18.5. The zero-order valence-electron chi connectivity index (χ0n) is 14.9. The molecule has 0 radical (unpaired) electrons. The van der Waals surface area contributed by atoms with E-state index in [0.29, 0.717) is 24.2 Å². The van der Waals surface area contributed by atoms with Gasteiger partial charge in [-0.25, -0.2) is 4.79 Å². The van der Waals surface area contributed by atoms with Gasteiger partial charge in [0.1, 0.15) is 0 Å². The Labute approximate surface area is 148 Å².